The summed E-state index contributed by atoms with van der Waals surface area (Å²) in [6.45, 7) is 3.10. The molecule has 1 N–H and O–H groups in total. The number of hydrogen-bond donors (Lipinski definition) is 1. The standard InChI is InChI=1S/C28H23ClF2N4O4/c1-15-9-33-23(34-5-3-4-18(25(34)36)27-12-28(38,13-27)14-27)8-21(15)35-16(2)6-22(24(29)26(35)37)39-11-20-19(31)7-17(30)10-32-20/h3-10,38H,11-14H2,1-2H3. The predicted octanol–water partition coefficient (Wildman–Crippen LogP) is 4.07. The molecule has 3 saturated carbocycles. The van der Waals surface area contributed by atoms with Gasteiger partial charge in [0.2, 0.25) is 0 Å². The van der Waals surface area contributed by atoms with Gasteiger partial charge in [0, 0.05) is 47.3 Å². The minimum atomic E-state index is -0.875. The van der Waals surface area contributed by atoms with Crippen molar-refractivity contribution in [1.82, 2.24) is 19.1 Å². The Morgan fingerprint density at radius 3 is 2.51 bits per heavy atom. The molecule has 0 aliphatic heterocycles. The van der Waals surface area contributed by atoms with Crippen LogP contribution in [-0.2, 0) is 12.0 Å². The van der Waals surface area contributed by atoms with E-state index in [0.29, 0.717) is 53.7 Å². The molecule has 0 unspecified atom stereocenters. The fourth-order valence-corrected chi connectivity index (χ4v) is 5.95. The van der Waals surface area contributed by atoms with Gasteiger partial charge in [0.05, 0.1) is 17.5 Å². The van der Waals surface area contributed by atoms with Crippen LogP contribution in [0.3, 0.4) is 0 Å². The van der Waals surface area contributed by atoms with Crippen LogP contribution in [0, 0.1) is 25.5 Å². The lowest BCUT2D eigenvalue weighted by molar-refractivity contribution is -0.213. The van der Waals surface area contributed by atoms with Crippen LogP contribution in [0.5, 0.6) is 5.75 Å². The zero-order chi connectivity index (χ0) is 27.7. The van der Waals surface area contributed by atoms with E-state index in [0.717, 1.165) is 6.20 Å². The fourth-order valence-electron chi connectivity index (χ4n) is 5.75. The molecule has 2 bridgehead atoms. The van der Waals surface area contributed by atoms with Gasteiger partial charge in [-0.3, -0.25) is 23.7 Å². The van der Waals surface area contributed by atoms with Crippen molar-refractivity contribution in [3.63, 3.8) is 0 Å². The molecule has 3 aliphatic carbocycles. The normalized spacial score (nSPS) is 21.3. The number of rotatable bonds is 6. The maximum Gasteiger partial charge on any atom is 0.277 e. The van der Waals surface area contributed by atoms with Crippen molar-refractivity contribution in [2.75, 3.05) is 0 Å². The molecular formula is C28H23ClF2N4O4. The second-order valence-electron chi connectivity index (χ2n) is 10.4. The molecule has 0 spiro atoms. The summed E-state index contributed by atoms with van der Waals surface area (Å²) in [4.78, 5) is 34.9. The maximum absolute atomic E-state index is 14.0. The van der Waals surface area contributed by atoms with Gasteiger partial charge >= 0.3 is 0 Å². The topological polar surface area (TPSA) is 99.2 Å². The van der Waals surface area contributed by atoms with Gasteiger partial charge < -0.3 is 9.84 Å². The van der Waals surface area contributed by atoms with Gasteiger partial charge in [0.25, 0.3) is 11.1 Å². The minimum Gasteiger partial charge on any atom is -0.485 e. The first kappa shape index (κ1) is 25.4. The summed E-state index contributed by atoms with van der Waals surface area (Å²) in [5.41, 5.74) is 0.397. The molecule has 11 heteroatoms. The third kappa shape index (κ3) is 4.06. The van der Waals surface area contributed by atoms with Gasteiger partial charge in [-0.1, -0.05) is 17.7 Å². The van der Waals surface area contributed by atoms with Crippen molar-refractivity contribution in [1.29, 1.82) is 0 Å². The zero-order valence-electron chi connectivity index (χ0n) is 21.0. The SMILES string of the molecule is Cc1cnc(-n2cccc(C34CC(O)(C3)C4)c2=O)cc1-n1c(C)cc(OCc2ncc(F)cc2F)c(Cl)c1=O. The smallest absolute Gasteiger partial charge is 0.277 e. The molecule has 0 amide bonds. The Labute approximate surface area is 226 Å². The fraction of sp³-hybridized carbons (Fsp3) is 0.286. The number of aryl methyl sites for hydroxylation is 2. The van der Waals surface area contributed by atoms with Crippen molar-refractivity contribution in [3.05, 3.63) is 109 Å². The number of hydrogen-bond acceptors (Lipinski definition) is 6. The van der Waals surface area contributed by atoms with E-state index in [9.17, 15) is 23.5 Å². The van der Waals surface area contributed by atoms with Crippen LogP contribution in [0.4, 0.5) is 8.78 Å². The largest absolute Gasteiger partial charge is 0.485 e. The first-order valence-electron chi connectivity index (χ1n) is 12.3. The molecule has 7 rings (SSSR count). The van der Waals surface area contributed by atoms with E-state index < -0.39 is 22.8 Å². The van der Waals surface area contributed by atoms with E-state index in [1.807, 2.05) is 0 Å². The van der Waals surface area contributed by atoms with Crippen molar-refractivity contribution in [3.8, 4) is 17.3 Å². The molecule has 4 aromatic rings. The van der Waals surface area contributed by atoms with Gasteiger partial charge in [0.1, 0.15) is 34.7 Å². The first-order chi connectivity index (χ1) is 18.5. The van der Waals surface area contributed by atoms with E-state index >= 15 is 0 Å². The molecule has 4 heterocycles. The second kappa shape index (κ2) is 8.82. The molecule has 8 nitrogen and oxygen atoms in total. The summed E-state index contributed by atoms with van der Waals surface area (Å²) in [7, 11) is 0. The third-order valence-corrected chi connectivity index (χ3v) is 7.97. The highest BCUT2D eigenvalue weighted by Gasteiger charge is 2.68. The summed E-state index contributed by atoms with van der Waals surface area (Å²) in [5, 5.41) is 9.94. The number of nitrogens with zero attached hydrogens (tertiary/aromatic N) is 4. The van der Waals surface area contributed by atoms with Gasteiger partial charge in [-0.25, -0.2) is 13.8 Å². The Bertz CT molecular complexity index is 1770. The van der Waals surface area contributed by atoms with E-state index in [1.54, 1.807) is 44.4 Å². The van der Waals surface area contributed by atoms with Crippen molar-refractivity contribution < 1.29 is 18.6 Å². The van der Waals surface area contributed by atoms with E-state index in [2.05, 4.69) is 9.97 Å². The maximum atomic E-state index is 14.0. The zero-order valence-corrected chi connectivity index (χ0v) is 21.8. The van der Waals surface area contributed by atoms with Gasteiger partial charge in [0.15, 0.2) is 5.82 Å². The third-order valence-electron chi connectivity index (χ3n) is 7.62. The number of halogens is 3. The lowest BCUT2D eigenvalue weighted by atomic mass is 9.39. The molecule has 0 radical (unpaired) electrons. The van der Waals surface area contributed by atoms with Crippen LogP contribution < -0.4 is 15.9 Å². The van der Waals surface area contributed by atoms with Gasteiger partial charge in [-0.15, -0.1) is 0 Å². The highest BCUT2D eigenvalue weighted by Crippen LogP contribution is 2.67. The number of aliphatic hydroxyl groups is 1. The highest BCUT2D eigenvalue weighted by atomic mass is 35.5. The van der Waals surface area contributed by atoms with Crippen LogP contribution >= 0.6 is 11.6 Å². The van der Waals surface area contributed by atoms with Crippen LogP contribution in [0.15, 0.2) is 58.5 Å². The molecule has 0 saturated heterocycles. The Balaban J connectivity index is 1.35. The Hall–Kier alpha value is -3.89. The van der Waals surface area contributed by atoms with Crippen molar-refractivity contribution in [2.45, 2.75) is 50.7 Å². The van der Waals surface area contributed by atoms with Gasteiger partial charge in [-0.05, 0) is 44.7 Å². The Kier molecular flexibility index (Phi) is 5.74. The number of ether oxygens (including phenoxy) is 1. The lowest BCUT2D eigenvalue weighted by Crippen LogP contribution is -2.70. The van der Waals surface area contributed by atoms with Crippen LogP contribution in [0.25, 0.3) is 11.5 Å². The molecule has 3 fully saturated rings. The highest BCUT2D eigenvalue weighted by molar-refractivity contribution is 6.31. The lowest BCUT2D eigenvalue weighted by Gasteiger charge is -2.67. The Morgan fingerprint density at radius 1 is 1.08 bits per heavy atom. The predicted molar refractivity (Wildman–Crippen MR) is 139 cm³/mol. The summed E-state index contributed by atoms with van der Waals surface area (Å²) in [5.74, 6) is -1.34. The summed E-state index contributed by atoms with van der Waals surface area (Å²) >= 11 is 6.37. The Morgan fingerprint density at radius 2 is 1.82 bits per heavy atom. The minimum absolute atomic E-state index is 0.0250. The quantitative estimate of drug-likeness (QED) is 0.387. The van der Waals surface area contributed by atoms with Crippen molar-refractivity contribution in [2.24, 2.45) is 0 Å². The van der Waals surface area contributed by atoms with E-state index in [-0.39, 0.29) is 34.0 Å². The molecule has 39 heavy (non-hydrogen) atoms. The number of aromatic nitrogens is 4. The van der Waals surface area contributed by atoms with Crippen molar-refractivity contribution >= 4 is 11.6 Å². The van der Waals surface area contributed by atoms with Crippen LogP contribution in [-0.4, -0.2) is 29.8 Å². The average molecular weight is 553 g/mol. The molecule has 0 aromatic carbocycles. The summed E-state index contributed by atoms with van der Waals surface area (Å²) in [6.07, 6.45) is 5.80. The monoisotopic (exact) mass is 552 g/mol. The molecule has 0 atom stereocenters. The average Bonchev–Trinajstić information content (AvgIpc) is 2.85. The second-order valence-corrected chi connectivity index (χ2v) is 10.8. The summed E-state index contributed by atoms with van der Waals surface area (Å²) < 4.78 is 35.5. The molecule has 3 aliphatic rings. The summed E-state index contributed by atoms with van der Waals surface area (Å²) in [6, 6.07) is 7.44. The molecule has 4 aromatic heterocycles. The van der Waals surface area contributed by atoms with E-state index in [1.165, 1.54) is 15.2 Å². The number of pyridine rings is 4. The first-order valence-corrected chi connectivity index (χ1v) is 12.6. The van der Waals surface area contributed by atoms with Gasteiger partial charge in [-0.2, -0.15) is 0 Å². The van der Waals surface area contributed by atoms with Crippen LogP contribution in [0.1, 0.15) is 41.8 Å². The van der Waals surface area contributed by atoms with Crippen LogP contribution in [0.2, 0.25) is 5.02 Å². The van der Waals surface area contributed by atoms with E-state index in [4.69, 9.17) is 16.3 Å². The molecule has 200 valence electrons. The molecular weight excluding hydrogens is 530 g/mol.